The zero-order chi connectivity index (χ0) is 12.0. The molecule has 0 saturated heterocycles. The van der Waals surface area contributed by atoms with E-state index in [0.717, 1.165) is 4.47 Å². The third-order valence-electron chi connectivity index (χ3n) is 1.64. The Hall–Kier alpha value is -1.56. The third kappa shape index (κ3) is 4.31. The summed E-state index contributed by atoms with van der Waals surface area (Å²) in [6.07, 6.45) is -0.701. The van der Waals surface area contributed by atoms with Crippen LogP contribution < -0.4 is 5.32 Å². The number of benzene rings is 1. The Bertz CT molecular complexity index is 377. The van der Waals surface area contributed by atoms with Crippen molar-refractivity contribution in [1.29, 1.82) is 0 Å². The van der Waals surface area contributed by atoms with Crippen molar-refractivity contribution in [2.75, 3.05) is 19.0 Å². The summed E-state index contributed by atoms with van der Waals surface area (Å²) in [7, 11) is 1.22. The van der Waals surface area contributed by atoms with Crippen molar-refractivity contribution in [2.24, 2.45) is 0 Å². The molecule has 1 amide bonds. The molecule has 0 heterocycles. The van der Waals surface area contributed by atoms with Crippen LogP contribution in [-0.4, -0.2) is 25.8 Å². The van der Waals surface area contributed by atoms with Gasteiger partial charge in [-0.3, -0.25) is 5.32 Å². The van der Waals surface area contributed by atoms with Crippen molar-refractivity contribution in [3.05, 3.63) is 28.7 Å². The zero-order valence-corrected chi connectivity index (χ0v) is 10.1. The zero-order valence-electron chi connectivity index (χ0n) is 8.53. The molecule has 0 aliphatic rings. The maximum absolute atomic E-state index is 11.2. The SMILES string of the molecule is COC(=O)COC(=O)Nc1ccc(Br)cc1. The minimum absolute atomic E-state index is 0.404. The van der Waals surface area contributed by atoms with Gasteiger partial charge in [-0.05, 0) is 24.3 Å². The molecule has 0 bridgehead atoms. The number of hydrogen-bond donors (Lipinski definition) is 1. The van der Waals surface area contributed by atoms with Crippen LogP contribution in [0.25, 0.3) is 0 Å². The predicted octanol–water partition coefficient (Wildman–Crippen LogP) is 2.17. The average Bonchev–Trinajstić information content (AvgIpc) is 2.29. The van der Waals surface area contributed by atoms with Crippen LogP contribution in [0, 0.1) is 0 Å². The molecule has 0 atom stereocenters. The number of nitrogens with one attached hydrogen (secondary N) is 1. The molecule has 0 fully saturated rings. The van der Waals surface area contributed by atoms with Gasteiger partial charge in [-0.2, -0.15) is 0 Å². The molecule has 0 saturated carbocycles. The summed E-state index contributed by atoms with van der Waals surface area (Å²) in [4.78, 5) is 21.8. The minimum Gasteiger partial charge on any atom is -0.466 e. The molecular weight excluding hydrogens is 278 g/mol. The van der Waals surface area contributed by atoms with Gasteiger partial charge >= 0.3 is 12.1 Å². The summed E-state index contributed by atoms with van der Waals surface area (Å²) >= 11 is 3.27. The van der Waals surface area contributed by atoms with Crippen molar-refractivity contribution in [1.82, 2.24) is 0 Å². The van der Waals surface area contributed by atoms with Gasteiger partial charge in [0, 0.05) is 10.2 Å². The molecule has 16 heavy (non-hydrogen) atoms. The average molecular weight is 288 g/mol. The van der Waals surface area contributed by atoms with Crippen molar-refractivity contribution >= 4 is 33.7 Å². The summed E-state index contributed by atoms with van der Waals surface area (Å²) in [5.41, 5.74) is 0.582. The van der Waals surface area contributed by atoms with E-state index in [9.17, 15) is 9.59 Å². The topological polar surface area (TPSA) is 64.6 Å². The number of amides is 1. The first-order chi connectivity index (χ1) is 7.61. The molecule has 0 aliphatic heterocycles. The van der Waals surface area contributed by atoms with Gasteiger partial charge in [0.2, 0.25) is 0 Å². The number of anilines is 1. The summed E-state index contributed by atoms with van der Waals surface area (Å²) in [5, 5.41) is 2.46. The number of hydrogen-bond acceptors (Lipinski definition) is 4. The number of halogens is 1. The molecule has 86 valence electrons. The maximum Gasteiger partial charge on any atom is 0.412 e. The van der Waals surface area contributed by atoms with Gasteiger partial charge in [-0.15, -0.1) is 0 Å². The van der Waals surface area contributed by atoms with Crippen LogP contribution >= 0.6 is 15.9 Å². The first kappa shape index (κ1) is 12.5. The lowest BCUT2D eigenvalue weighted by atomic mass is 10.3. The fraction of sp³-hybridized carbons (Fsp3) is 0.200. The van der Waals surface area contributed by atoms with Crippen LogP contribution in [0.3, 0.4) is 0 Å². The van der Waals surface area contributed by atoms with Gasteiger partial charge in [0.05, 0.1) is 7.11 Å². The van der Waals surface area contributed by atoms with Crippen LogP contribution in [0.5, 0.6) is 0 Å². The van der Waals surface area contributed by atoms with Gasteiger partial charge in [-0.25, -0.2) is 9.59 Å². The van der Waals surface area contributed by atoms with Gasteiger partial charge < -0.3 is 9.47 Å². The van der Waals surface area contributed by atoms with Crippen LogP contribution in [-0.2, 0) is 14.3 Å². The van der Waals surface area contributed by atoms with E-state index in [1.807, 2.05) is 0 Å². The van der Waals surface area contributed by atoms with E-state index < -0.39 is 18.7 Å². The van der Waals surface area contributed by atoms with Crippen LogP contribution in [0.15, 0.2) is 28.7 Å². The fourth-order valence-electron chi connectivity index (χ4n) is 0.871. The molecule has 0 spiro atoms. The monoisotopic (exact) mass is 287 g/mol. The standard InChI is InChI=1S/C10H10BrNO4/c1-15-9(13)6-16-10(14)12-8-4-2-7(11)3-5-8/h2-5H,6H2,1H3,(H,12,14). The minimum atomic E-state index is -0.701. The van der Waals surface area contributed by atoms with Gasteiger partial charge in [0.25, 0.3) is 0 Å². The number of ether oxygens (including phenoxy) is 2. The lowest BCUT2D eigenvalue weighted by molar-refractivity contribution is -0.143. The van der Waals surface area contributed by atoms with Gasteiger partial charge in [0.1, 0.15) is 0 Å². The number of carbonyl (C=O) groups excluding carboxylic acids is 2. The lowest BCUT2D eigenvalue weighted by Crippen LogP contribution is -2.19. The fourth-order valence-corrected chi connectivity index (χ4v) is 1.13. The Balaban J connectivity index is 2.40. The van der Waals surface area contributed by atoms with Crippen molar-refractivity contribution in [2.45, 2.75) is 0 Å². The Kier molecular flexibility index (Phi) is 4.78. The normalized spacial score (nSPS) is 9.38. The lowest BCUT2D eigenvalue weighted by Gasteiger charge is -2.05. The first-order valence-electron chi connectivity index (χ1n) is 4.38. The predicted molar refractivity (Wildman–Crippen MR) is 61.1 cm³/mol. The highest BCUT2D eigenvalue weighted by Gasteiger charge is 2.06. The van der Waals surface area contributed by atoms with Crippen LogP contribution in [0.1, 0.15) is 0 Å². The first-order valence-corrected chi connectivity index (χ1v) is 5.17. The smallest absolute Gasteiger partial charge is 0.412 e. The highest BCUT2D eigenvalue weighted by molar-refractivity contribution is 9.10. The number of rotatable bonds is 3. The molecule has 0 aliphatic carbocycles. The van der Waals surface area contributed by atoms with Crippen molar-refractivity contribution in [3.8, 4) is 0 Å². The Morgan fingerprint density at radius 2 is 1.94 bits per heavy atom. The quantitative estimate of drug-likeness (QED) is 0.866. The van der Waals surface area contributed by atoms with Crippen molar-refractivity contribution in [3.63, 3.8) is 0 Å². The molecule has 1 N–H and O–H groups in total. The Morgan fingerprint density at radius 3 is 2.50 bits per heavy atom. The molecule has 1 aromatic carbocycles. The van der Waals surface area contributed by atoms with Crippen LogP contribution in [0.4, 0.5) is 10.5 Å². The van der Waals surface area contributed by atoms with E-state index in [1.165, 1.54) is 7.11 Å². The number of esters is 1. The van der Waals surface area contributed by atoms with E-state index in [1.54, 1.807) is 24.3 Å². The van der Waals surface area contributed by atoms with E-state index >= 15 is 0 Å². The molecule has 0 aromatic heterocycles. The number of carbonyl (C=O) groups is 2. The molecular formula is C10H10BrNO4. The highest BCUT2D eigenvalue weighted by atomic mass is 79.9. The second-order valence-corrected chi connectivity index (χ2v) is 3.70. The summed E-state index contributed by atoms with van der Waals surface area (Å²) in [6.45, 7) is -0.404. The largest absolute Gasteiger partial charge is 0.466 e. The molecule has 5 nitrogen and oxygen atoms in total. The van der Waals surface area contributed by atoms with Crippen molar-refractivity contribution < 1.29 is 19.1 Å². The van der Waals surface area contributed by atoms with Crippen LogP contribution in [0.2, 0.25) is 0 Å². The molecule has 0 unspecified atom stereocenters. The second-order valence-electron chi connectivity index (χ2n) is 2.78. The summed E-state index contributed by atoms with van der Waals surface area (Å²) in [6, 6.07) is 6.94. The molecule has 6 heteroatoms. The Morgan fingerprint density at radius 1 is 1.31 bits per heavy atom. The summed E-state index contributed by atoms with van der Waals surface area (Å²) in [5.74, 6) is -0.606. The highest BCUT2D eigenvalue weighted by Crippen LogP contribution is 2.14. The molecule has 0 radical (unpaired) electrons. The molecule has 1 rings (SSSR count). The third-order valence-corrected chi connectivity index (χ3v) is 2.17. The molecule has 1 aromatic rings. The van der Waals surface area contributed by atoms with E-state index in [0.29, 0.717) is 5.69 Å². The maximum atomic E-state index is 11.2. The van der Waals surface area contributed by atoms with Gasteiger partial charge in [0.15, 0.2) is 6.61 Å². The second kappa shape index (κ2) is 6.12. The number of methoxy groups -OCH3 is 1. The van der Waals surface area contributed by atoms with E-state index in [4.69, 9.17) is 0 Å². The van der Waals surface area contributed by atoms with Gasteiger partial charge in [-0.1, -0.05) is 15.9 Å². The summed E-state index contributed by atoms with van der Waals surface area (Å²) < 4.78 is 9.81. The van der Waals surface area contributed by atoms with E-state index in [2.05, 4.69) is 30.7 Å². The van der Waals surface area contributed by atoms with E-state index in [-0.39, 0.29) is 0 Å². The Labute approximate surface area is 101 Å².